The van der Waals surface area contributed by atoms with Crippen molar-refractivity contribution < 1.29 is 8.42 Å². The van der Waals surface area contributed by atoms with Crippen LogP contribution in [-0.4, -0.2) is 24.7 Å². The van der Waals surface area contributed by atoms with Gasteiger partial charge in [-0.1, -0.05) is 43.3 Å². The Bertz CT molecular complexity index is 885. The van der Waals surface area contributed by atoms with Crippen LogP contribution >= 0.6 is 11.3 Å². The fourth-order valence-electron chi connectivity index (χ4n) is 2.35. The molecule has 0 saturated heterocycles. The van der Waals surface area contributed by atoms with Crippen molar-refractivity contribution in [1.82, 2.24) is 14.5 Å². The molecule has 0 unspecified atom stereocenters. The number of rotatable bonds is 7. The number of hydrogen-bond acceptors (Lipinski definition) is 4. The second-order valence-electron chi connectivity index (χ2n) is 5.40. The molecule has 2 aromatic heterocycles. The van der Waals surface area contributed by atoms with Crippen molar-refractivity contribution in [3.8, 4) is 10.6 Å². The van der Waals surface area contributed by atoms with Crippen LogP contribution in [0.1, 0.15) is 18.9 Å². The lowest BCUT2D eigenvalue weighted by Crippen LogP contribution is -2.24. The molecule has 1 N–H and O–H groups in total. The van der Waals surface area contributed by atoms with Gasteiger partial charge < -0.3 is 0 Å². The molecule has 0 fully saturated rings. The molecule has 3 aromatic rings. The van der Waals surface area contributed by atoms with Gasteiger partial charge in [0.1, 0.15) is 10.6 Å². The van der Waals surface area contributed by atoms with E-state index in [1.54, 1.807) is 10.9 Å². The Balaban J connectivity index is 2.00. The van der Waals surface area contributed by atoms with Crippen molar-refractivity contribution in [3.05, 3.63) is 59.6 Å². The summed E-state index contributed by atoms with van der Waals surface area (Å²) in [5.41, 5.74) is 1.58. The van der Waals surface area contributed by atoms with Crippen molar-refractivity contribution in [3.63, 3.8) is 0 Å². The third-order valence-electron chi connectivity index (χ3n) is 3.50. The highest BCUT2D eigenvalue weighted by molar-refractivity contribution is 7.89. The van der Waals surface area contributed by atoms with Crippen molar-refractivity contribution in [2.75, 3.05) is 6.54 Å². The van der Waals surface area contributed by atoms with Crippen LogP contribution in [0.3, 0.4) is 0 Å². The van der Waals surface area contributed by atoms with Crippen LogP contribution < -0.4 is 4.72 Å². The van der Waals surface area contributed by atoms with Crippen LogP contribution in [0.25, 0.3) is 10.6 Å². The third-order valence-corrected chi connectivity index (χ3v) is 5.84. The van der Waals surface area contributed by atoms with Gasteiger partial charge in [-0.15, -0.1) is 11.3 Å². The Labute approximate surface area is 146 Å². The maximum absolute atomic E-state index is 12.6. The van der Waals surface area contributed by atoms with E-state index in [0.29, 0.717) is 18.8 Å². The summed E-state index contributed by atoms with van der Waals surface area (Å²) in [6.07, 6.45) is 2.35. The molecule has 0 amide bonds. The first-order chi connectivity index (χ1) is 11.6. The Morgan fingerprint density at radius 3 is 2.62 bits per heavy atom. The molecule has 0 saturated carbocycles. The standard InChI is InChI=1S/C17H19N3O2S2/c1-2-10-18-24(21,22)16-13-20(12-14-7-4-3-5-8-14)19-17(16)15-9-6-11-23-15/h3-9,11,13,18H,2,10,12H2,1H3. The van der Waals surface area contributed by atoms with Crippen molar-refractivity contribution in [1.29, 1.82) is 0 Å². The summed E-state index contributed by atoms with van der Waals surface area (Å²) >= 11 is 1.48. The first-order valence-electron chi connectivity index (χ1n) is 7.75. The molecule has 5 nitrogen and oxygen atoms in total. The number of thiophene rings is 1. The van der Waals surface area contributed by atoms with E-state index < -0.39 is 10.0 Å². The average molecular weight is 361 g/mol. The molecule has 2 heterocycles. The largest absolute Gasteiger partial charge is 0.266 e. The second-order valence-corrected chi connectivity index (χ2v) is 8.08. The van der Waals surface area contributed by atoms with Crippen molar-refractivity contribution >= 4 is 21.4 Å². The number of sulfonamides is 1. The number of benzene rings is 1. The van der Waals surface area contributed by atoms with Crippen molar-refractivity contribution in [2.45, 2.75) is 24.8 Å². The topological polar surface area (TPSA) is 64.0 Å². The summed E-state index contributed by atoms with van der Waals surface area (Å²) in [6.45, 7) is 2.88. The van der Waals surface area contributed by atoms with Gasteiger partial charge in [0, 0.05) is 12.7 Å². The molecule has 126 valence electrons. The summed E-state index contributed by atoms with van der Waals surface area (Å²) in [7, 11) is -3.58. The minimum absolute atomic E-state index is 0.231. The molecule has 0 aliphatic rings. The Kier molecular flexibility index (Phi) is 5.13. The number of hydrogen-bond donors (Lipinski definition) is 1. The predicted molar refractivity (Wildman–Crippen MR) is 96.6 cm³/mol. The van der Waals surface area contributed by atoms with E-state index in [1.165, 1.54) is 11.3 Å². The number of aromatic nitrogens is 2. The van der Waals surface area contributed by atoms with Crippen LogP contribution in [0.15, 0.2) is 58.9 Å². The lowest BCUT2D eigenvalue weighted by atomic mass is 10.2. The zero-order chi connectivity index (χ0) is 17.0. The van der Waals surface area contributed by atoms with Crippen LogP contribution in [0.4, 0.5) is 0 Å². The molecule has 0 atom stereocenters. The first-order valence-corrected chi connectivity index (χ1v) is 10.1. The van der Waals surface area contributed by atoms with Gasteiger partial charge in [0.2, 0.25) is 10.0 Å². The smallest absolute Gasteiger partial charge is 0.244 e. The lowest BCUT2D eigenvalue weighted by molar-refractivity contribution is 0.580. The zero-order valence-electron chi connectivity index (χ0n) is 13.3. The van der Waals surface area contributed by atoms with Gasteiger partial charge in [0.05, 0.1) is 11.4 Å². The van der Waals surface area contributed by atoms with Gasteiger partial charge in [0.25, 0.3) is 0 Å². The third kappa shape index (κ3) is 3.75. The second kappa shape index (κ2) is 7.29. The van der Waals surface area contributed by atoms with E-state index in [0.717, 1.165) is 16.9 Å². The van der Waals surface area contributed by atoms with Crippen molar-refractivity contribution in [2.24, 2.45) is 0 Å². The molecule has 1 aromatic carbocycles. The normalized spacial score (nSPS) is 11.7. The maximum atomic E-state index is 12.6. The minimum atomic E-state index is -3.58. The SMILES string of the molecule is CCCNS(=O)(=O)c1cn(Cc2ccccc2)nc1-c1cccs1. The monoisotopic (exact) mass is 361 g/mol. The van der Waals surface area contributed by atoms with Gasteiger partial charge in [0.15, 0.2) is 0 Å². The average Bonchev–Trinajstić information content (AvgIpc) is 3.23. The van der Waals surface area contributed by atoms with Gasteiger partial charge in [-0.05, 0) is 23.4 Å². The summed E-state index contributed by atoms with van der Waals surface area (Å²) in [4.78, 5) is 1.08. The van der Waals surface area contributed by atoms with Crippen LogP contribution in [0.5, 0.6) is 0 Å². The summed E-state index contributed by atoms with van der Waals surface area (Å²) < 4.78 is 29.5. The van der Waals surface area contributed by atoms with Crippen LogP contribution in [0, 0.1) is 0 Å². The van der Waals surface area contributed by atoms with Gasteiger partial charge in [-0.2, -0.15) is 5.10 Å². The molecule has 0 aliphatic carbocycles. The van der Waals surface area contributed by atoms with Crippen LogP contribution in [0.2, 0.25) is 0 Å². The highest BCUT2D eigenvalue weighted by Crippen LogP contribution is 2.29. The quantitative estimate of drug-likeness (QED) is 0.702. The Hall–Kier alpha value is -1.96. The molecule has 0 bridgehead atoms. The van der Waals surface area contributed by atoms with E-state index in [9.17, 15) is 8.42 Å². The zero-order valence-corrected chi connectivity index (χ0v) is 15.0. The molecule has 24 heavy (non-hydrogen) atoms. The van der Waals surface area contributed by atoms with Crippen LogP contribution in [-0.2, 0) is 16.6 Å². The molecule has 3 rings (SSSR count). The molecular weight excluding hydrogens is 342 g/mol. The molecule has 0 spiro atoms. The number of nitrogens with one attached hydrogen (secondary N) is 1. The predicted octanol–water partition coefficient (Wildman–Crippen LogP) is 3.35. The van der Waals surface area contributed by atoms with Gasteiger partial charge in [-0.25, -0.2) is 13.1 Å². The lowest BCUT2D eigenvalue weighted by Gasteiger charge is -2.04. The van der Waals surface area contributed by atoms with E-state index in [1.807, 2.05) is 54.8 Å². The Morgan fingerprint density at radius 2 is 1.96 bits per heavy atom. The highest BCUT2D eigenvalue weighted by Gasteiger charge is 2.23. The van der Waals surface area contributed by atoms with Gasteiger partial charge in [-0.3, -0.25) is 4.68 Å². The Morgan fingerprint density at radius 1 is 1.17 bits per heavy atom. The minimum Gasteiger partial charge on any atom is -0.266 e. The van der Waals surface area contributed by atoms with E-state index in [2.05, 4.69) is 9.82 Å². The summed E-state index contributed by atoms with van der Waals surface area (Å²) in [5.74, 6) is 0. The number of nitrogens with zero attached hydrogens (tertiary/aromatic N) is 2. The fourth-order valence-corrected chi connectivity index (χ4v) is 4.43. The summed E-state index contributed by atoms with van der Waals surface area (Å²) in [5, 5.41) is 6.45. The summed E-state index contributed by atoms with van der Waals surface area (Å²) in [6, 6.07) is 13.6. The fraction of sp³-hybridized carbons (Fsp3) is 0.235. The molecule has 0 aliphatic heterocycles. The first kappa shape index (κ1) is 16.9. The van der Waals surface area contributed by atoms with E-state index in [4.69, 9.17) is 0 Å². The molecule has 0 radical (unpaired) electrons. The van der Waals surface area contributed by atoms with E-state index in [-0.39, 0.29) is 4.90 Å². The van der Waals surface area contributed by atoms with E-state index >= 15 is 0 Å². The molecular formula is C17H19N3O2S2. The highest BCUT2D eigenvalue weighted by atomic mass is 32.2. The maximum Gasteiger partial charge on any atom is 0.244 e. The molecule has 7 heteroatoms. The van der Waals surface area contributed by atoms with Gasteiger partial charge >= 0.3 is 0 Å².